The van der Waals surface area contributed by atoms with Crippen LogP contribution in [0.15, 0.2) is 164 Å². The monoisotopic (exact) mass is 672 g/mol. The van der Waals surface area contributed by atoms with Crippen molar-refractivity contribution in [2.75, 3.05) is 9.80 Å². The molecule has 0 N–H and O–H groups in total. The fraction of sp³-hybridized carbons (Fsp3) is 0.120. The molecule has 0 radical (unpaired) electrons. The number of para-hydroxylation sites is 2. The van der Waals surface area contributed by atoms with Crippen molar-refractivity contribution < 1.29 is 0 Å². The molecule has 0 unspecified atom stereocenters. The maximum atomic E-state index is 2.39. The molecule has 0 heterocycles. The molecule has 0 aliphatic heterocycles. The molecule has 1 aliphatic rings. The minimum absolute atomic E-state index is 0.140. The summed E-state index contributed by atoms with van der Waals surface area (Å²) in [4.78, 5) is 4.69. The van der Waals surface area contributed by atoms with Gasteiger partial charge in [-0.05, 0) is 138 Å². The van der Waals surface area contributed by atoms with Crippen molar-refractivity contribution in [3.8, 4) is 11.1 Å². The highest BCUT2D eigenvalue weighted by Gasteiger charge is 2.36. The third kappa shape index (κ3) is 6.33. The summed E-state index contributed by atoms with van der Waals surface area (Å²) in [5.41, 5.74) is 18.3. The molecule has 52 heavy (non-hydrogen) atoms. The SMILES string of the molecule is Cc1ccc(N(c2ccc(C=Cc3ccc4c(c3)C(C)(C)c3cc(N(c5ccccc5)c5ccccc5)ccc3-4)cc2)c2cc(C)cc(C)c2)cc1. The van der Waals surface area contributed by atoms with Crippen LogP contribution in [0.3, 0.4) is 0 Å². The maximum absolute atomic E-state index is 2.39. The fourth-order valence-corrected chi connectivity index (χ4v) is 7.73. The molecular formula is C50H44N2. The first-order valence-corrected chi connectivity index (χ1v) is 18.2. The molecule has 0 spiro atoms. The van der Waals surface area contributed by atoms with Crippen molar-refractivity contribution in [1.29, 1.82) is 0 Å². The summed E-state index contributed by atoms with van der Waals surface area (Å²) in [6.45, 7) is 11.2. The molecule has 0 aromatic heterocycles. The van der Waals surface area contributed by atoms with Gasteiger partial charge in [0.2, 0.25) is 0 Å². The summed E-state index contributed by atoms with van der Waals surface area (Å²) in [7, 11) is 0. The van der Waals surface area contributed by atoms with E-state index in [9.17, 15) is 0 Å². The Bertz CT molecular complexity index is 2330. The van der Waals surface area contributed by atoms with Crippen molar-refractivity contribution in [1.82, 2.24) is 0 Å². The van der Waals surface area contributed by atoms with Gasteiger partial charge in [-0.25, -0.2) is 0 Å². The average Bonchev–Trinajstić information content (AvgIpc) is 3.38. The van der Waals surface area contributed by atoms with Gasteiger partial charge in [-0.1, -0.05) is 123 Å². The Labute approximate surface area is 309 Å². The minimum Gasteiger partial charge on any atom is -0.310 e. The third-order valence-corrected chi connectivity index (χ3v) is 10.3. The molecular weight excluding hydrogens is 629 g/mol. The van der Waals surface area contributed by atoms with E-state index in [2.05, 4.69) is 220 Å². The lowest BCUT2D eigenvalue weighted by Gasteiger charge is -2.28. The van der Waals surface area contributed by atoms with Crippen molar-refractivity contribution in [3.05, 3.63) is 203 Å². The first-order valence-electron chi connectivity index (χ1n) is 18.2. The zero-order valence-corrected chi connectivity index (χ0v) is 30.6. The highest BCUT2D eigenvalue weighted by molar-refractivity contribution is 5.87. The van der Waals surface area contributed by atoms with Gasteiger partial charge >= 0.3 is 0 Å². The average molecular weight is 673 g/mol. The van der Waals surface area contributed by atoms with E-state index in [1.165, 1.54) is 61.4 Å². The Morgan fingerprint density at radius 3 is 1.40 bits per heavy atom. The highest BCUT2D eigenvalue weighted by atomic mass is 15.1. The van der Waals surface area contributed by atoms with Gasteiger partial charge < -0.3 is 9.80 Å². The molecule has 0 saturated carbocycles. The first-order chi connectivity index (χ1) is 25.2. The second kappa shape index (κ2) is 13.5. The van der Waals surface area contributed by atoms with Crippen molar-refractivity contribution in [2.45, 2.75) is 40.0 Å². The van der Waals surface area contributed by atoms with Gasteiger partial charge in [-0.3, -0.25) is 0 Å². The van der Waals surface area contributed by atoms with Crippen molar-refractivity contribution >= 4 is 46.3 Å². The fourth-order valence-electron chi connectivity index (χ4n) is 7.73. The third-order valence-electron chi connectivity index (χ3n) is 10.3. The number of rotatable bonds is 8. The van der Waals surface area contributed by atoms with Gasteiger partial charge in [0.15, 0.2) is 0 Å². The summed E-state index contributed by atoms with van der Waals surface area (Å²) in [5.74, 6) is 0. The number of aryl methyl sites for hydroxylation is 3. The van der Waals surface area contributed by atoms with Crippen molar-refractivity contribution in [2.24, 2.45) is 0 Å². The summed E-state index contributed by atoms with van der Waals surface area (Å²) < 4.78 is 0. The number of hydrogen-bond acceptors (Lipinski definition) is 2. The molecule has 2 nitrogen and oxygen atoms in total. The van der Waals surface area contributed by atoms with Crippen LogP contribution in [0, 0.1) is 20.8 Å². The first kappa shape index (κ1) is 33.0. The summed E-state index contributed by atoms with van der Waals surface area (Å²) in [5, 5.41) is 0. The lowest BCUT2D eigenvalue weighted by Crippen LogP contribution is -2.16. The summed E-state index contributed by atoms with van der Waals surface area (Å²) in [6, 6.07) is 59.6. The normalized spacial score (nSPS) is 12.8. The number of benzene rings is 7. The molecule has 0 fully saturated rings. The van der Waals surface area contributed by atoms with E-state index in [0.29, 0.717) is 0 Å². The van der Waals surface area contributed by atoms with E-state index < -0.39 is 0 Å². The standard InChI is InChI=1S/C50H44N2/c1-35-16-23-42(24-17-35)52(45-31-36(2)30-37(3)32-45)43-25-20-38(21-26-43)18-19-39-22-28-46-47-29-27-44(34-49(47)50(4,5)48(46)33-39)51(40-12-8-6-9-13-40)41-14-10-7-11-15-41/h6-34H,1-5H3. The van der Waals surface area contributed by atoms with E-state index in [1.807, 2.05) is 0 Å². The van der Waals surface area contributed by atoms with Gasteiger partial charge in [0.25, 0.3) is 0 Å². The predicted octanol–water partition coefficient (Wildman–Crippen LogP) is 14.0. The Hall–Kier alpha value is -6.12. The van der Waals surface area contributed by atoms with Crippen LogP contribution >= 0.6 is 0 Å². The molecule has 0 bridgehead atoms. The highest BCUT2D eigenvalue weighted by Crippen LogP contribution is 2.51. The number of hydrogen-bond donors (Lipinski definition) is 0. The number of anilines is 6. The molecule has 2 heteroatoms. The number of fused-ring (bicyclic) bond motifs is 3. The molecule has 7 aromatic carbocycles. The Morgan fingerprint density at radius 1 is 0.365 bits per heavy atom. The van der Waals surface area contributed by atoms with Gasteiger partial charge in [-0.2, -0.15) is 0 Å². The number of nitrogens with zero attached hydrogens (tertiary/aromatic N) is 2. The lowest BCUT2D eigenvalue weighted by atomic mass is 9.81. The topological polar surface area (TPSA) is 6.48 Å². The zero-order valence-electron chi connectivity index (χ0n) is 30.6. The molecule has 1 aliphatic carbocycles. The van der Waals surface area contributed by atoms with Crippen LogP contribution in [-0.4, -0.2) is 0 Å². The second-order valence-electron chi connectivity index (χ2n) is 14.6. The van der Waals surface area contributed by atoms with Crippen LogP contribution in [0.4, 0.5) is 34.1 Å². The summed E-state index contributed by atoms with van der Waals surface area (Å²) >= 11 is 0. The quantitative estimate of drug-likeness (QED) is 0.148. The van der Waals surface area contributed by atoms with E-state index in [4.69, 9.17) is 0 Å². The van der Waals surface area contributed by atoms with Gasteiger partial charge in [0.05, 0.1) is 0 Å². The Balaban J connectivity index is 1.08. The molecule has 0 atom stereocenters. The van der Waals surface area contributed by atoms with E-state index in [-0.39, 0.29) is 5.41 Å². The van der Waals surface area contributed by atoms with Crippen LogP contribution in [-0.2, 0) is 5.41 Å². The van der Waals surface area contributed by atoms with Crippen molar-refractivity contribution in [3.63, 3.8) is 0 Å². The van der Waals surface area contributed by atoms with Gasteiger partial charge in [0, 0.05) is 39.5 Å². The van der Waals surface area contributed by atoms with Gasteiger partial charge in [-0.15, -0.1) is 0 Å². The molecule has 0 saturated heterocycles. The Kier molecular flexibility index (Phi) is 8.61. The molecule has 8 rings (SSSR count). The van der Waals surface area contributed by atoms with Gasteiger partial charge in [0.1, 0.15) is 0 Å². The molecule has 0 amide bonds. The zero-order chi connectivity index (χ0) is 35.8. The predicted molar refractivity (Wildman–Crippen MR) is 223 cm³/mol. The van der Waals surface area contributed by atoms with Crippen LogP contribution in [0.5, 0.6) is 0 Å². The van der Waals surface area contributed by atoms with Crippen LogP contribution in [0.25, 0.3) is 23.3 Å². The second-order valence-corrected chi connectivity index (χ2v) is 14.6. The summed E-state index contributed by atoms with van der Waals surface area (Å²) in [6.07, 6.45) is 4.47. The van der Waals surface area contributed by atoms with Crippen LogP contribution < -0.4 is 9.80 Å². The van der Waals surface area contributed by atoms with E-state index in [1.54, 1.807) is 0 Å². The van der Waals surface area contributed by atoms with E-state index in [0.717, 1.165) is 22.7 Å². The van der Waals surface area contributed by atoms with E-state index >= 15 is 0 Å². The van der Waals surface area contributed by atoms with Crippen LogP contribution in [0.1, 0.15) is 52.8 Å². The Morgan fingerprint density at radius 2 is 0.808 bits per heavy atom. The minimum atomic E-state index is -0.140. The molecule has 7 aromatic rings. The largest absolute Gasteiger partial charge is 0.310 e. The maximum Gasteiger partial charge on any atom is 0.0466 e. The lowest BCUT2D eigenvalue weighted by molar-refractivity contribution is 0.660. The molecule has 254 valence electrons. The van der Waals surface area contributed by atoms with Crippen LogP contribution in [0.2, 0.25) is 0 Å². The smallest absolute Gasteiger partial charge is 0.0466 e.